The second-order valence-corrected chi connectivity index (χ2v) is 6.47. The van der Waals surface area contributed by atoms with Gasteiger partial charge in [-0.2, -0.15) is 0 Å². The molecule has 6 heteroatoms. The molecule has 0 atom stereocenters. The van der Waals surface area contributed by atoms with Crippen LogP contribution in [0.2, 0.25) is 0 Å². The van der Waals surface area contributed by atoms with Gasteiger partial charge in [-0.15, -0.1) is 0 Å². The van der Waals surface area contributed by atoms with E-state index in [-0.39, 0.29) is 12.5 Å². The van der Waals surface area contributed by atoms with Gasteiger partial charge in [-0.25, -0.2) is 4.79 Å². The third kappa shape index (κ3) is 4.32. The number of H-pyrrole nitrogens is 1. The number of anilines is 2. The van der Waals surface area contributed by atoms with Gasteiger partial charge in [-0.1, -0.05) is 0 Å². The molecule has 0 spiro atoms. The summed E-state index contributed by atoms with van der Waals surface area (Å²) in [5.74, 6) is -0.688. The van der Waals surface area contributed by atoms with Crippen molar-refractivity contribution >= 4 is 23.3 Å². The lowest BCUT2D eigenvalue weighted by molar-refractivity contribution is 0.0519. The van der Waals surface area contributed by atoms with Crippen LogP contribution < -0.4 is 10.2 Å². The number of aryl methyl sites for hydroxylation is 2. The quantitative estimate of drug-likeness (QED) is 0.715. The molecule has 0 radical (unpaired) electrons. The summed E-state index contributed by atoms with van der Waals surface area (Å²) >= 11 is 0. The van der Waals surface area contributed by atoms with Crippen LogP contribution in [0.1, 0.15) is 58.4 Å². The fourth-order valence-corrected chi connectivity index (χ4v) is 3.26. The highest BCUT2D eigenvalue weighted by Gasteiger charge is 2.23. The Hall–Kier alpha value is -2.76. The average molecular weight is 371 g/mol. The first-order chi connectivity index (χ1) is 12.8. The van der Waals surface area contributed by atoms with Gasteiger partial charge < -0.3 is 19.9 Å². The molecule has 0 unspecified atom stereocenters. The molecule has 1 amide bonds. The maximum atomic E-state index is 12.8. The van der Waals surface area contributed by atoms with Crippen molar-refractivity contribution in [1.82, 2.24) is 4.98 Å². The fraction of sp³-hybridized carbons (Fsp3) is 0.429. The van der Waals surface area contributed by atoms with Crippen molar-refractivity contribution in [3.63, 3.8) is 0 Å². The van der Waals surface area contributed by atoms with Crippen LogP contribution in [-0.2, 0) is 4.74 Å². The summed E-state index contributed by atoms with van der Waals surface area (Å²) in [5.41, 5.74) is 4.93. The number of hydrogen-bond donors (Lipinski definition) is 2. The Balaban J connectivity index is 2.26. The first-order valence-corrected chi connectivity index (χ1v) is 9.37. The van der Waals surface area contributed by atoms with Crippen molar-refractivity contribution in [3.8, 4) is 0 Å². The largest absolute Gasteiger partial charge is 0.461 e. The lowest BCUT2D eigenvalue weighted by Gasteiger charge is -2.22. The minimum Gasteiger partial charge on any atom is -0.461 e. The number of nitrogens with one attached hydrogen (secondary N) is 2. The molecule has 2 N–H and O–H groups in total. The van der Waals surface area contributed by atoms with Gasteiger partial charge in [-0.3, -0.25) is 4.79 Å². The number of benzene rings is 1. The lowest BCUT2D eigenvalue weighted by Crippen LogP contribution is -2.22. The summed E-state index contributed by atoms with van der Waals surface area (Å²) in [6.07, 6.45) is 0. The monoisotopic (exact) mass is 371 g/mol. The molecule has 0 saturated heterocycles. The third-order valence-electron chi connectivity index (χ3n) is 4.73. The molecular formula is C21H29N3O3. The van der Waals surface area contributed by atoms with Crippen LogP contribution in [0, 0.1) is 20.8 Å². The predicted molar refractivity (Wildman–Crippen MR) is 109 cm³/mol. The molecule has 0 aliphatic carbocycles. The zero-order chi connectivity index (χ0) is 20.1. The summed E-state index contributed by atoms with van der Waals surface area (Å²) in [6, 6.07) is 6.00. The molecule has 146 valence electrons. The fourth-order valence-electron chi connectivity index (χ4n) is 3.26. The highest BCUT2D eigenvalue weighted by atomic mass is 16.5. The molecule has 2 rings (SSSR count). The van der Waals surface area contributed by atoms with E-state index in [4.69, 9.17) is 4.74 Å². The second-order valence-electron chi connectivity index (χ2n) is 6.47. The number of esters is 1. The van der Waals surface area contributed by atoms with Gasteiger partial charge in [-0.05, 0) is 70.9 Å². The highest BCUT2D eigenvalue weighted by Crippen LogP contribution is 2.25. The van der Waals surface area contributed by atoms with E-state index in [1.807, 2.05) is 19.1 Å². The number of carbonyl (C=O) groups excluding carboxylic acids is 2. The van der Waals surface area contributed by atoms with Gasteiger partial charge in [0.1, 0.15) is 5.69 Å². The van der Waals surface area contributed by atoms with E-state index < -0.39 is 5.97 Å². The Morgan fingerprint density at radius 3 is 2.33 bits per heavy atom. The van der Waals surface area contributed by atoms with Crippen molar-refractivity contribution in [2.24, 2.45) is 0 Å². The van der Waals surface area contributed by atoms with Crippen molar-refractivity contribution in [2.75, 3.05) is 29.9 Å². The number of aromatic amines is 1. The van der Waals surface area contributed by atoms with E-state index in [0.717, 1.165) is 30.0 Å². The van der Waals surface area contributed by atoms with Crippen molar-refractivity contribution < 1.29 is 14.3 Å². The Morgan fingerprint density at radius 1 is 1.11 bits per heavy atom. The minimum atomic E-state index is -0.447. The van der Waals surface area contributed by atoms with Crippen LogP contribution in [0.4, 0.5) is 11.4 Å². The van der Waals surface area contributed by atoms with Gasteiger partial charge >= 0.3 is 5.97 Å². The maximum Gasteiger partial charge on any atom is 0.355 e. The Labute approximate surface area is 160 Å². The Kier molecular flexibility index (Phi) is 6.66. The first-order valence-electron chi connectivity index (χ1n) is 9.37. The molecule has 2 aromatic rings. The summed E-state index contributed by atoms with van der Waals surface area (Å²) in [6.45, 7) is 13.6. The maximum absolute atomic E-state index is 12.8. The van der Waals surface area contributed by atoms with Gasteiger partial charge in [0, 0.05) is 30.2 Å². The summed E-state index contributed by atoms with van der Waals surface area (Å²) in [4.78, 5) is 30.1. The average Bonchev–Trinajstić information content (AvgIpc) is 2.93. The van der Waals surface area contributed by atoms with Crippen LogP contribution in [0.3, 0.4) is 0 Å². The van der Waals surface area contributed by atoms with E-state index in [9.17, 15) is 9.59 Å². The van der Waals surface area contributed by atoms with Crippen LogP contribution in [-0.4, -0.2) is 36.6 Å². The number of aromatic nitrogens is 1. The normalized spacial score (nSPS) is 10.6. The lowest BCUT2D eigenvalue weighted by atomic mass is 10.1. The van der Waals surface area contributed by atoms with Gasteiger partial charge in [0.2, 0.25) is 0 Å². The van der Waals surface area contributed by atoms with E-state index in [1.54, 1.807) is 20.8 Å². The number of amides is 1. The van der Waals surface area contributed by atoms with Gasteiger partial charge in [0.05, 0.1) is 12.2 Å². The first kappa shape index (κ1) is 20.6. The number of ether oxygens (including phenoxy) is 1. The second kappa shape index (κ2) is 8.75. The molecule has 1 aromatic heterocycles. The van der Waals surface area contributed by atoms with Crippen molar-refractivity contribution in [1.29, 1.82) is 0 Å². The number of hydrogen-bond acceptors (Lipinski definition) is 4. The smallest absolute Gasteiger partial charge is 0.355 e. The van der Waals surface area contributed by atoms with Gasteiger partial charge in [0.25, 0.3) is 5.91 Å². The van der Waals surface area contributed by atoms with Gasteiger partial charge in [0.15, 0.2) is 0 Å². The van der Waals surface area contributed by atoms with Crippen molar-refractivity contribution in [2.45, 2.75) is 41.5 Å². The number of nitrogens with zero attached hydrogens (tertiary/aromatic N) is 1. The van der Waals surface area contributed by atoms with Crippen LogP contribution >= 0.6 is 0 Å². The predicted octanol–water partition coefficient (Wildman–Crippen LogP) is 4.22. The molecule has 1 aromatic carbocycles. The molecule has 0 saturated carbocycles. The zero-order valence-electron chi connectivity index (χ0n) is 17.0. The molecule has 27 heavy (non-hydrogen) atoms. The van der Waals surface area contributed by atoms with Crippen molar-refractivity contribution in [3.05, 3.63) is 46.3 Å². The van der Waals surface area contributed by atoms with E-state index >= 15 is 0 Å². The van der Waals surface area contributed by atoms with E-state index in [0.29, 0.717) is 22.5 Å². The molecule has 6 nitrogen and oxygen atoms in total. The summed E-state index contributed by atoms with van der Waals surface area (Å²) < 4.78 is 5.04. The topological polar surface area (TPSA) is 74.4 Å². The molecular weight excluding hydrogens is 342 g/mol. The van der Waals surface area contributed by atoms with E-state index in [1.165, 1.54) is 0 Å². The zero-order valence-corrected chi connectivity index (χ0v) is 17.0. The summed E-state index contributed by atoms with van der Waals surface area (Å²) in [7, 11) is 0. The molecule has 0 aliphatic rings. The Morgan fingerprint density at radius 2 is 1.78 bits per heavy atom. The molecule has 0 bridgehead atoms. The SMILES string of the molecule is CCOC(=O)c1[nH]c(C)c(C(=O)Nc2ccc(N(CC)CC)cc2C)c1C. The van der Waals surface area contributed by atoms with Crippen LogP contribution in [0.15, 0.2) is 18.2 Å². The molecule has 0 fully saturated rings. The molecule has 1 heterocycles. The van der Waals surface area contributed by atoms with Crippen LogP contribution in [0.5, 0.6) is 0 Å². The Bertz CT molecular complexity index is 835. The number of carbonyl (C=O) groups is 2. The third-order valence-corrected chi connectivity index (χ3v) is 4.73. The molecule has 0 aliphatic heterocycles. The van der Waals surface area contributed by atoms with Crippen LogP contribution in [0.25, 0.3) is 0 Å². The number of rotatable bonds is 7. The minimum absolute atomic E-state index is 0.240. The highest BCUT2D eigenvalue weighted by molar-refractivity contribution is 6.08. The standard InChI is InChI=1S/C21H29N3O3/c1-7-24(8-2)16-10-11-17(13(4)12-16)23-20(25)18-14(5)19(22-15(18)6)21(26)27-9-3/h10-12,22H,7-9H2,1-6H3,(H,23,25). The van der Waals surface area contributed by atoms with E-state index in [2.05, 4.69) is 35.1 Å². The summed E-state index contributed by atoms with van der Waals surface area (Å²) in [5, 5.41) is 2.97.